The Morgan fingerprint density at radius 3 is 1.71 bits per heavy atom. The summed E-state index contributed by atoms with van der Waals surface area (Å²) in [6, 6.07) is 0. The molecule has 2 atom stereocenters. The van der Waals surface area contributed by atoms with Crippen LogP contribution in [0, 0.1) is 0 Å². The van der Waals surface area contributed by atoms with Crippen LogP contribution in [0.3, 0.4) is 0 Å². The molecular weight excluding hydrogens is 340 g/mol. The molecule has 0 aliphatic carbocycles. The first-order valence-electron chi connectivity index (χ1n) is 4.81. The molecule has 1 aliphatic rings. The lowest BCUT2D eigenvalue weighted by Crippen LogP contribution is -2.35. The minimum atomic E-state index is -4.62. The average molecular weight is 352 g/mol. The summed E-state index contributed by atoms with van der Waals surface area (Å²) in [7, 11) is -9.24. The number of hydrogen-bond donors (Lipinski definition) is 6. The highest BCUT2D eigenvalue weighted by atomic mass is 32.3. The maximum absolute atomic E-state index is 10.9. The highest BCUT2D eigenvalue weighted by Crippen LogP contribution is 2.19. The molecule has 14 heteroatoms. The summed E-state index contributed by atoms with van der Waals surface area (Å²) in [5, 5.41) is 33.1. The molecule has 6 N–H and O–H groups in total. The lowest BCUT2D eigenvalue weighted by atomic mass is 10.1. The maximum atomic E-state index is 10.9. The number of aliphatic hydroxyl groups excluding tert-OH is 4. The van der Waals surface area contributed by atoms with Crippen LogP contribution in [0.2, 0.25) is 0 Å². The van der Waals surface area contributed by atoms with Crippen LogP contribution < -0.4 is 0 Å². The second kappa shape index (κ2) is 7.01. The molecule has 124 valence electrons. The highest BCUT2D eigenvalue weighted by Gasteiger charge is 2.40. The van der Waals surface area contributed by atoms with Gasteiger partial charge in [0.05, 0.1) is 6.61 Å². The van der Waals surface area contributed by atoms with Crippen molar-refractivity contribution in [3.63, 3.8) is 0 Å². The Hall–Kier alpha value is -1.45. The van der Waals surface area contributed by atoms with Gasteiger partial charge in [-0.25, -0.2) is 0 Å². The number of ketones is 1. The van der Waals surface area contributed by atoms with E-state index in [1.54, 1.807) is 0 Å². The summed E-state index contributed by atoms with van der Waals surface area (Å²) in [6.45, 7) is -0.684. The van der Waals surface area contributed by atoms with Crippen molar-refractivity contribution in [2.75, 3.05) is 11.7 Å². The third-order valence-corrected chi connectivity index (χ3v) is 4.15. The van der Waals surface area contributed by atoms with E-state index in [0.29, 0.717) is 0 Å². The summed E-state index contributed by atoms with van der Waals surface area (Å²) in [5.41, 5.74) is 0. The summed E-state index contributed by atoms with van der Waals surface area (Å²) in [5.74, 6) is -2.78. The largest absolute Gasteiger partial charge is 0.499 e. The van der Waals surface area contributed by atoms with Crippen molar-refractivity contribution in [2.45, 2.75) is 12.2 Å². The van der Waals surface area contributed by atoms with Crippen molar-refractivity contribution in [2.24, 2.45) is 0 Å². The molecule has 0 aromatic heterocycles. The predicted octanol–water partition coefficient (Wildman–Crippen LogP) is -2.69. The Morgan fingerprint density at radius 1 is 1.10 bits per heavy atom. The third-order valence-electron chi connectivity index (χ3n) is 1.77. The first-order valence-corrected chi connectivity index (χ1v) is 8.02. The Morgan fingerprint density at radius 2 is 1.52 bits per heavy atom. The standard InChI is InChI=1S/C6H8O6.CH4O6S2/c7-1-2(8)5-3(9)4(10)6(11)12-5;2-8(3,4)1-9(5,6)7/h2,5,7-8,10-11H,1H2;1H2,(H,2,3,4)(H,5,6,7)/t2-,5+;/m0./s1. The predicted molar refractivity (Wildman–Crippen MR) is 63.2 cm³/mol. The Bertz CT molecular complexity index is 584. The highest BCUT2D eigenvalue weighted by molar-refractivity contribution is 8.02. The molecule has 0 fully saturated rings. The second-order valence-electron chi connectivity index (χ2n) is 3.59. The molecule has 0 aromatic carbocycles. The summed E-state index contributed by atoms with van der Waals surface area (Å²) < 4.78 is 58.6. The van der Waals surface area contributed by atoms with E-state index in [4.69, 9.17) is 29.5 Å². The summed E-state index contributed by atoms with van der Waals surface area (Å²) in [6.07, 6.45) is -2.85. The molecular formula is C7H12O12S2. The van der Waals surface area contributed by atoms with Gasteiger partial charge in [-0.1, -0.05) is 0 Å². The van der Waals surface area contributed by atoms with Gasteiger partial charge in [0.2, 0.25) is 16.6 Å². The summed E-state index contributed by atoms with van der Waals surface area (Å²) in [4.78, 5) is 10.9. The fraction of sp³-hybridized carbons (Fsp3) is 0.571. The van der Waals surface area contributed by atoms with Crippen molar-refractivity contribution in [3.05, 3.63) is 11.7 Å². The van der Waals surface area contributed by atoms with E-state index in [-0.39, 0.29) is 0 Å². The fourth-order valence-corrected chi connectivity index (χ4v) is 2.51. The molecule has 21 heavy (non-hydrogen) atoms. The van der Waals surface area contributed by atoms with Crippen LogP contribution in [0.25, 0.3) is 0 Å². The first kappa shape index (κ1) is 19.6. The van der Waals surface area contributed by atoms with Gasteiger partial charge in [0.25, 0.3) is 20.2 Å². The zero-order chi connectivity index (χ0) is 17.0. The molecule has 0 aromatic rings. The van der Waals surface area contributed by atoms with Gasteiger partial charge in [-0.05, 0) is 0 Å². The van der Waals surface area contributed by atoms with Crippen molar-refractivity contribution in [1.29, 1.82) is 0 Å². The van der Waals surface area contributed by atoms with Crippen LogP contribution in [0.4, 0.5) is 0 Å². The van der Waals surface area contributed by atoms with E-state index in [9.17, 15) is 21.6 Å². The SMILES string of the molecule is O=C1C(O)=C(O)O[C@@H]1[C@@H](O)CO.O=S(=O)(O)CS(=O)(=O)O. The van der Waals surface area contributed by atoms with Gasteiger partial charge in [-0.2, -0.15) is 16.8 Å². The number of hydrogen-bond acceptors (Lipinski definition) is 10. The van der Waals surface area contributed by atoms with E-state index >= 15 is 0 Å². The molecule has 0 unspecified atom stereocenters. The number of aliphatic hydroxyl groups is 4. The molecule has 12 nitrogen and oxygen atoms in total. The molecule has 0 saturated heterocycles. The van der Waals surface area contributed by atoms with E-state index in [2.05, 4.69) is 4.74 Å². The van der Waals surface area contributed by atoms with Gasteiger partial charge in [0.15, 0.2) is 6.10 Å². The Labute approximate surface area is 118 Å². The first-order chi connectivity index (χ1) is 9.28. The van der Waals surface area contributed by atoms with Crippen LogP contribution in [-0.2, 0) is 29.8 Å². The monoisotopic (exact) mass is 352 g/mol. The van der Waals surface area contributed by atoms with E-state index < -0.39 is 61.6 Å². The number of Topliss-reactive ketones (excluding diaryl/α,β-unsaturated/α-hetero) is 1. The molecule has 0 amide bonds. The normalized spacial score (nSPS) is 20.6. The van der Waals surface area contributed by atoms with E-state index in [1.807, 2.05) is 0 Å². The maximum Gasteiger partial charge on any atom is 0.325 e. The average Bonchev–Trinajstić information content (AvgIpc) is 2.52. The van der Waals surface area contributed by atoms with Crippen molar-refractivity contribution in [3.8, 4) is 0 Å². The van der Waals surface area contributed by atoms with Gasteiger partial charge in [-0.15, -0.1) is 0 Å². The van der Waals surface area contributed by atoms with Crippen LogP contribution in [-0.4, -0.2) is 76.1 Å². The van der Waals surface area contributed by atoms with Gasteiger partial charge in [0, 0.05) is 0 Å². The van der Waals surface area contributed by atoms with Gasteiger partial charge in [0.1, 0.15) is 6.10 Å². The zero-order valence-electron chi connectivity index (χ0n) is 10.0. The van der Waals surface area contributed by atoms with Crippen LogP contribution >= 0.6 is 0 Å². The molecule has 1 rings (SSSR count). The van der Waals surface area contributed by atoms with Crippen LogP contribution in [0.5, 0.6) is 0 Å². The molecule has 0 spiro atoms. The smallest absolute Gasteiger partial charge is 0.325 e. The second-order valence-corrected chi connectivity index (χ2v) is 6.86. The topological polar surface area (TPSA) is 216 Å². The number of ether oxygens (including phenoxy) is 1. The van der Waals surface area contributed by atoms with Crippen LogP contribution in [0.1, 0.15) is 0 Å². The van der Waals surface area contributed by atoms with Crippen molar-refractivity contribution in [1.82, 2.24) is 0 Å². The lowest BCUT2D eigenvalue weighted by molar-refractivity contribution is -0.131. The Kier molecular flexibility index (Phi) is 6.53. The van der Waals surface area contributed by atoms with Crippen molar-refractivity contribution >= 4 is 26.0 Å². The van der Waals surface area contributed by atoms with E-state index in [0.717, 1.165) is 0 Å². The molecule has 0 radical (unpaired) electrons. The zero-order valence-corrected chi connectivity index (χ0v) is 11.7. The van der Waals surface area contributed by atoms with Gasteiger partial charge in [-0.3, -0.25) is 13.9 Å². The van der Waals surface area contributed by atoms with Crippen molar-refractivity contribution < 1.29 is 55.9 Å². The van der Waals surface area contributed by atoms with E-state index in [1.165, 1.54) is 0 Å². The van der Waals surface area contributed by atoms with Gasteiger partial charge >= 0.3 is 5.95 Å². The number of rotatable bonds is 4. The number of carbonyl (C=O) groups is 1. The molecule has 0 saturated carbocycles. The third kappa shape index (κ3) is 7.21. The quantitative estimate of drug-likeness (QED) is 0.285. The lowest BCUT2D eigenvalue weighted by Gasteiger charge is -2.13. The molecule has 1 heterocycles. The van der Waals surface area contributed by atoms with Gasteiger partial charge < -0.3 is 25.2 Å². The number of carbonyl (C=O) groups excluding carboxylic acids is 1. The summed E-state index contributed by atoms with van der Waals surface area (Å²) >= 11 is 0. The molecule has 0 bridgehead atoms. The Balaban J connectivity index is 0.000000400. The minimum absolute atomic E-state index is 0.684. The molecule has 1 aliphatic heterocycles. The van der Waals surface area contributed by atoms with Crippen LogP contribution in [0.15, 0.2) is 11.7 Å². The fourth-order valence-electron chi connectivity index (χ4n) is 1.01. The minimum Gasteiger partial charge on any atom is -0.499 e.